The molecule has 0 bridgehead atoms. The van der Waals surface area contributed by atoms with E-state index in [4.69, 9.17) is 0 Å². The summed E-state index contributed by atoms with van der Waals surface area (Å²) in [6.07, 6.45) is 12.8. The Morgan fingerprint density at radius 2 is 1.29 bits per heavy atom. The van der Waals surface area contributed by atoms with E-state index in [0.29, 0.717) is 0 Å². The van der Waals surface area contributed by atoms with E-state index in [0.717, 1.165) is 17.8 Å². The molecular formula is C17H36. The molecule has 0 radical (unpaired) electrons. The van der Waals surface area contributed by atoms with Crippen LogP contribution < -0.4 is 0 Å². The van der Waals surface area contributed by atoms with Crippen molar-refractivity contribution < 1.29 is 0 Å². The minimum atomic E-state index is 0.873. The van der Waals surface area contributed by atoms with Crippen LogP contribution in [0, 0.1) is 17.8 Å². The van der Waals surface area contributed by atoms with Crippen molar-refractivity contribution >= 4 is 0 Å². The minimum absolute atomic E-state index is 0.873. The van der Waals surface area contributed by atoms with Gasteiger partial charge in [0, 0.05) is 0 Å². The maximum absolute atomic E-state index is 2.40. The van der Waals surface area contributed by atoms with Crippen molar-refractivity contribution in [3.05, 3.63) is 0 Å². The van der Waals surface area contributed by atoms with Crippen LogP contribution in [0.25, 0.3) is 0 Å². The molecule has 0 heterocycles. The molecule has 0 aromatic heterocycles. The molecule has 0 rings (SSSR count). The zero-order chi connectivity index (χ0) is 13.1. The van der Waals surface area contributed by atoms with E-state index in [-0.39, 0.29) is 0 Å². The summed E-state index contributed by atoms with van der Waals surface area (Å²) in [6.45, 7) is 11.8. The lowest BCUT2D eigenvalue weighted by Gasteiger charge is -2.28. The fraction of sp³-hybridized carbons (Fsp3) is 1.00. The molecule has 0 nitrogen and oxygen atoms in total. The summed E-state index contributed by atoms with van der Waals surface area (Å²) in [5.74, 6) is 2.87. The second kappa shape index (κ2) is 11.1. The monoisotopic (exact) mass is 240 g/mol. The Kier molecular flexibility index (Phi) is 11.1. The molecule has 0 aromatic carbocycles. The van der Waals surface area contributed by atoms with Crippen LogP contribution in [-0.2, 0) is 0 Å². The first-order chi connectivity index (χ1) is 8.15. The van der Waals surface area contributed by atoms with Gasteiger partial charge in [0.15, 0.2) is 0 Å². The van der Waals surface area contributed by atoms with Gasteiger partial charge in [0.25, 0.3) is 0 Å². The van der Waals surface area contributed by atoms with Crippen LogP contribution in [0.2, 0.25) is 0 Å². The molecule has 2 atom stereocenters. The average Bonchev–Trinajstić information content (AvgIpc) is 2.29. The lowest BCUT2D eigenvalue weighted by Crippen LogP contribution is -2.16. The highest BCUT2D eigenvalue weighted by Gasteiger charge is 2.20. The maximum atomic E-state index is 2.40. The van der Waals surface area contributed by atoms with E-state index < -0.39 is 0 Å². The zero-order valence-electron chi connectivity index (χ0n) is 13.1. The summed E-state index contributed by atoms with van der Waals surface area (Å²) in [5, 5.41) is 0. The van der Waals surface area contributed by atoms with Gasteiger partial charge in [0.1, 0.15) is 0 Å². The smallest absolute Gasteiger partial charge is 0.0384 e. The first kappa shape index (κ1) is 17.0. The minimum Gasteiger partial charge on any atom is -0.0654 e. The Bertz CT molecular complexity index is 148. The summed E-state index contributed by atoms with van der Waals surface area (Å²) in [5.41, 5.74) is 0. The first-order valence-electron chi connectivity index (χ1n) is 8.15. The number of hydrogen-bond donors (Lipinski definition) is 0. The summed E-state index contributed by atoms with van der Waals surface area (Å²) < 4.78 is 0. The van der Waals surface area contributed by atoms with Gasteiger partial charge in [0.2, 0.25) is 0 Å². The highest BCUT2D eigenvalue weighted by atomic mass is 14.3. The molecule has 0 amide bonds. The molecule has 0 saturated heterocycles. The predicted molar refractivity (Wildman–Crippen MR) is 80.4 cm³/mol. The Balaban J connectivity index is 4.18. The van der Waals surface area contributed by atoms with Crippen molar-refractivity contribution in [1.82, 2.24) is 0 Å². The molecular weight excluding hydrogens is 204 g/mol. The molecule has 0 aliphatic rings. The predicted octanol–water partition coefficient (Wildman–Crippen LogP) is 6.45. The van der Waals surface area contributed by atoms with Crippen molar-refractivity contribution in [2.45, 2.75) is 92.4 Å². The van der Waals surface area contributed by atoms with Crippen LogP contribution >= 0.6 is 0 Å². The molecule has 0 fully saturated rings. The molecule has 0 aromatic rings. The van der Waals surface area contributed by atoms with Crippen molar-refractivity contribution in [3.63, 3.8) is 0 Å². The molecule has 0 heteroatoms. The average molecular weight is 240 g/mol. The molecule has 17 heavy (non-hydrogen) atoms. The Hall–Kier alpha value is 0. The Morgan fingerprint density at radius 1 is 0.706 bits per heavy atom. The summed E-state index contributed by atoms with van der Waals surface area (Å²) >= 11 is 0. The van der Waals surface area contributed by atoms with E-state index in [2.05, 4.69) is 34.6 Å². The van der Waals surface area contributed by atoms with E-state index in [1.807, 2.05) is 0 Å². The normalized spacial score (nSPS) is 15.2. The van der Waals surface area contributed by atoms with Gasteiger partial charge in [-0.15, -0.1) is 0 Å². The Morgan fingerprint density at radius 3 is 1.76 bits per heavy atom. The van der Waals surface area contributed by atoms with Crippen LogP contribution in [-0.4, -0.2) is 0 Å². The van der Waals surface area contributed by atoms with Gasteiger partial charge in [0.05, 0.1) is 0 Å². The maximum Gasteiger partial charge on any atom is -0.0384 e. The first-order valence-corrected chi connectivity index (χ1v) is 8.15. The van der Waals surface area contributed by atoms with Crippen molar-refractivity contribution in [3.8, 4) is 0 Å². The van der Waals surface area contributed by atoms with Crippen molar-refractivity contribution in [2.75, 3.05) is 0 Å². The van der Waals surface area contributed by atoms with Gasteiger partial charge in [-0.05, 0) is 24.2 Å². The lowest BCUT2D eigenvalue weighted by atomic mass is 9.78. The highest BCUT2D eigenvalue weighted by molar-refractivity contribution is 4.71. The third-order valence-corrected chi connectivity index (χ3v) is 4.07. The van der Waals surface area contributed by atoms with Gasteiger partial charge < -0.3 is 0 Å². The summed E-state index contributed by atoms with van der Waals surface area (Å²) in [6, 6.07) is 0. The molecule has 104 valence electrons. The number of hydrogen-bond acceptors (Lipinski definition) is 0. The molecule has 0 spiro atoms. The molecule has 0 N–H and O–H groups in total. The number of unbranched alkanes of at least 4 members (excludes halogenated alkanes) is 3. The van der Waals surface area contributed by atoms with Gasteiger partial charge in [-0.25, -0.2) is 0 Å². The van der Waals surface area contributed by atoms with Crippen LogP contribution in [0.5, 0.6) is 0 Å². The second-order valence-corrected chi connectivity index (χ2v) is 6.20. The van der Waals surface area contributed by atoms with E-state index in [1.165, 1.54) is 57.8 Å². The quantitative estimate of drug-likeness (QED) is 0.364. The summed E-state index contributed by atoms with van der Waals surface area (Å²) in [7, 11) is 0. The van der Waals surface area contributed by atoms with Gasteiger partial charge in [-0.1, -0.05) is 86.0 Å². The van der Waals surface area contributed by atoms with E-state index in [1.54, 1.807) is 0 Å². The highest BCUT2D eigenvalue weighted by Crippen LogP contribution is 2.31. The Labute approximate surface area is 111 Å². The second-order valence-electron chi connectivity index (χ2n) is 6.20. The third kappa shape index (κ3) is 8.69. The molecule has 2 unspecified atom stereocenters. The molecule has 0 aliphatic carbocycles. The van der Waals surface area contributed by atoms with Crippen molar-refractivity contribution in [1.29, 1.82) is 0 Å². The van der Waals surface area contributed by atoms with E-state index >= 15 is 0 Å². The fourth-order valence-corrected chi connectivity index (χ4v) is 3.05. The van der Waals surface area contributed by atoms with Crippen LogP contribution in [0.3, 0.4) is 0 Å². The lowest BCUT2D eigenvalue weighted by molar-refractivity contribution is 0.234. The molecule has 0 saturated carbocycles. The van der Waals surface area contributed by atoms with Gasteiger partial charge in [-0.3, -0.25) is 0 Å². The van der Waals surface area contributed by atoms with Crippen LogP contribution in [0.1, 0.15) is 92.4 Å². The van der Waals surface area contributed by atoms with Crippen LogP contribution in [0.4, 0.5) is 0 Å². The largest absolute Gasteiger partial charge is 0.0654 e. The van der Waals surface area contributed by atoms with Gasteiger partial charge >= 0.3 is 0 Å². The topological polar surface area (TPSA) is 0 Å². The standard InChI is InChI=1S/C17H36/c1-6-9-11-13-17(14-15(4)5)16(8-3)12-10-7-2/h15-17H,6-14H2,1-5H3. The third-order valence-electron chi connectivity index (χ3n) is 4.07. The number of rotatable bonds is 11. The van der Waals surface area contributed by atoms with Crippen molar-refractivity contribution in [2.24, 2.45) is 17.8 Å². The summed E-state index contributed by atoms with van der Waals surface area (Å²) in [4.78, 5) is 0. The van der Waals surface area contributed by atoms with Crippen LogP contribution in [0.15, 0.2) is 0 Å². The van der Waals surface area contributed by atoms with Gasteiger partial charge in [-0.2, -0.15) is 0 Å². The fourth-order valence-electron chi connectivity index (χ4n) is 3.05. The molecule has 0 aliphatic heterocycles. The zero-order valence-corrected chi connectivity index (χ0v) is 13.1. The van der Waals surface area contributed by atoms with E-state index in [9.17, 15) is 0 Å². The SMILES string of the molecule is CCCCCC(CC(C)C)C(CC)CCCC.